The standard InChI is InChI=1S/C12H16ClNO2/c1-4-14(8(2)3)10-7-5-6-9(13)11(10)12(15)16/h5-8H,4H2,1-3H3,(H,15,16). The van der Waals surface area contributed by atoms with E-state index in [2.05, 4.69) is 0 Å². The maximum Gasteiger partial charge on any atom is 0.339 e. The van der Waals surface area contributed by atoms with E-state index in [0.29, 0.717) is 5.69 Å². The molecule has 0 bridgehead atoms. The van der Waals surface area contributed by atoms with Crippen LogP contribution < -0.4 is 4.90 Å². The summed E-state index contributed by atoms with van der Waals surface area (Å²) in [5.41, 5.74) is 0.859. The first-order chi connectivity index (χ1) is 7.49. The molecule has 0 fully saturated rings. The van der Waals surface area contributed by atoms with Crippen LogP contribution in [0.15, 0.2) is 18.2 Å². The number of carbonyl (C=O) groups is 1. The summed E-state index contributed by atoms with van der Waals surface area (Å²) < 4.78 is 0. The quantitative estimate of drug-likeness (QED) is 0.880. The molecule has 1 rings (SSSR count). The lowest BCUT2D eigenvalue weighted by Gasteiger charge is -2.29. The minimum absolute atomic E-state index is 0.180. The third kappa shape index (κ3) is 2.47. The summed E-state index contributed by atoms with van der Waals surface area (Å²) in [6, 6.07) is 5.40. The predicted octanol–water partition coefficient (Wildman–Crippen LogP) is 3.27. The first kappa shape index (κ1) is 12.8. The average molecular weight is 242 g/mol. The van der Waals surface area contributed by atoms with Gasteiger partial charge in [0.15, 0.2) is 0 Å². The van der Waals surface area contributed by atoms with Crippen LogP contribution in [-0.2, 0) is 0 Å². The van der Waals surface area contributed by atoms with Gasteiger partial charge in [-0.3, -0.25) is 0 Å². The first-order valence-electron chi connectivity index (χ1n) is 5.27. The summed E-state index contributed by atoms with van der Waals surface area (Å²) in [5.74, 6) is -0.986. The molecule has 0 amide bonds. The number of hydrogen-bond donors (Lipinski definition) is 1. The Labute approximate surface area is 101 Å². The number of halogens is 1. The highest BCUT2D eigenvalue weighted by molar-refractivity contribution is 6.34. The van der Waals surface area contributed by atoms with E-state index < -0.39 is 5.97 Å². The zero-order valence-corrected chi connectivity index (χ0v) is 10.5. The summed E-state index contributed by atoms with van der Waals surface area (Å²) >= 11 is 5.92. The van der Waals surface area contributed by atoms with E-state index in [0.717, 1.165) is 6.54 Å². The Morgan fingerprint density at radius 3 is 2.56 bits per heavy atom. The molecule has 0 aliphatic heterocycles. The molecule has 0 aromatic heterocycles. The van der Waals surface area contributed by atoms with E-state index in [9.17, 15) is 4.79 Å². The van der Waals surface area contributed by atoms with E-state index in [1.807, 2.05) is 25.7 Å². The molecule has 4 heteroatoms. The zero-order chi connectivity index (χ0) is 12.3. The van der Waals surface area contributed by atoms with Gasteiger partial charge in [0.25, 0.3) is 0 Å². The highest BCUT2D eigenvalue weighted by Gasteiger charge is 2.19. The zero-order valence-electron chi connectivity index (χ0n) is 9.70. The Kier molecular flexibility index (Phi) is 4.19. The molecular weight excluding hydrogens is 226 g/mol. The summed E-state index contributed by atoms with van der Waals surface area (Å²) in [5, 5.41) is 9.44. The lowest BCUT2D eigenvalue weighted by molar-refractivity contribution is 0.0697. The summed E-state index contributed by atoms with van der Waals surface area (Å²) in [6.07, 6.45) is 0. The average Bonchev–Trinajstić information content (AvgIpc) is 2.17. The van der Waals surface area contributed by atoms with Gasteiger partial charge in [0, 0.05) is 12.6 Å². The Morgan fingerprint density at radius 1 is 1.50 bits per heavy atom. The number of aromatic carboxylic acids is 1. The Bertz CT molecular complexity index is 391. The Morgan fingerprint density at radius 2 is 2.12 bits per heavy atom. The lowest BCUT2D eigenvalue weighted by atomic mass is 10.1. The first-order valence-corrected chi connectivity index (χ1v) is 5.65. The molecule has 1 aromatic carbocycles. The van der Waals surface area contributed by atoms with Crippen LogP contribution in [0, 0.1) is 0 Å². The number of carboxylic acid groups (broad SMARTS) is 1. The minimum Gasteiger partial charge on any atom is -0.478 e. The van der Waals surface area contributed by atoms with Crippen molar-refractivity contribution in [2.24, 2.45) is 0 Å². The molecule has 0 aliphatic carbocycles. The highest BCUT2D eigenvalue weighted by atomic mass is 35.5. The normalized spacial score (nSPS) is 10.6. The Hall–Kier alpha value is -1.22. The van der Waals surface area contributed by atoms with Crippen molar-refractivity contribution in [3.05, 3.63) is 28.8 Å². The highest BCUT2D eigenvalue weighted by Crippen LogP contribution is 2.28. The molecule has 0 unspecified atom stereocenters. The second-order valence-corrected chi connectivity index (χ2v) is 4.23. The van der Waals surface area contributed by atoms with Crippen molar-refractivity contribution in [1.29, 1.82) is 0 Å². The van der Waals surface area contributed by atoms with Gasteiger partial charge >= 0.3 is 5.97 Å². The lowest BCUT2D eigenvalue weighted by Crippen LogP contribution is -2.31. The second kappa shape index (κ2) is 5.21. The predicted molar refractivity (Wildman–Crippen MR) is 66.6 cm³/mol. The second-order valence-electron chi connectivity index (χ2n) is 3.82. The molecule has 0 spiro atoms. The molecule has 0 atom stereocenters. The largest absolute Gasteiger partial charge is 0.478 e. The van der Waals surface area contributed by atoms with Crippen LogP contribution in [0.1, 0.15) is 31.1 Å². The van der Waals surface area contributed by atoms with Crippen LogP contribution >= 0.6 is 11.6 Å². The van der Waals surface area contributed by atoms with Crippen molar-refractivity contribution >= 4 is 23.3 Å². The number of rotatable bonds is 4. The van der Waals surface area contributed by atoms with Crippen LogP contribution in [0.2, 0.25) is 5.02 Å². The molecule has 0 heterocycles. The third-order valence-electron chi connectivity index (χ3n) is 2.48. The number of hydrogen-bond acceptors (Lipinski definition) is 2. The molecule has 0 aliphatic rings. The summed E-state index contributed by atoms with van der Waals surface area (Å²) in [6.45, 7) is 6.79. The van der Waals surface area contributed by atoms with Crippen molar-refractivity contribution < 1.29 is 9.90 Å². The summed E-state index contributed by atoms with van der Waals surface area (Å²) in [7, 11) is 0. The molecule has 0 saturated carbocycles. The maximum absolute atomic E-state index is 11.2. The van der Waals surface area contributed by atoms with Crippen molar-refractivity contribution in [3.8, 4) is 0 Å². The van der Waals surface area contributed by atoms with E-state index in [1.165, 1.54) is 0 Å². The summed E-state index contributed by atoms with van der Waals surface area (Å²) in [4.78, 5) is 13.2. The number of benzene rings is 1. The third-order valence-corrected chi connectivity index (χ3v) is 2.79. The fourth-order valence-electron chi connectivity index (χ4n) is 1.78. The van der Waals surface area contributed by atoms with Gasteiger partial charge in [0.1, 0.15) is 5.56 Å². The maximum atomic E-state index is 11.2. The van der Waals surface area contributed by atoms with Crippen LogP contribution in [0.3, 0.4) is 0 Å². The van der Waals surface area contributed by atoms with Gasteiger partial charge in [-0.2, -0.15) is 0 Å². The smallest absolute Gasteiger partial charge is 0.339 e. The molecular formula is C12H16ClNO2. The van der Waals surface area contributed by atoms with Gasteiger partial charge in [0.2, 0.25) is 0 Å². The number of anilines is 1. The van der Waals surface area contributed by atoms with Gasteiger partial charge in [-0.25, -0.2) is 4.79 Å². The van der Waals surface area contributed by atoms with E-state index >= 15 is 0 Å². The van der Waals surface area contributed by atoms with E-state index in [-0.39, 0.29) is 16.6 Å². The Balaban J connectivity index is 3.31. The molecule has 3 nitrogen and oxygen atoms in total. The molecule has 0 saturated heterocycles. The topological polar surface area (TPSA) is 40.5 Å². The van der Waals surface area contributed by atoms with Crippen molar-refractivity contribution in [1.82, 2.24) is 0 Å². The van der Waals surface area contributed by atoms with Crippen LogP contribution in [0.4, 0.5) is 5.69 Å². The van der Waals surface area contributed by atoms with Crippen LogP contribution in [-0.4, -0.2) is 23.7 Å². The fourth-order valence-corrected chi connectivity index (χ4v) is 2.03. The van der Waals surface area contributed by atoms with Gasteiger partial charge in [-0.1, -0.05) is 17.7 Å². The fraction of sp³-hybridized carbons (Fsp3) is 0.417. The van der Waals surface area contributed by atoms with Crippen molar-refractivity contribution in [2.75, 3.05) is 11.4 Å². The SMILES string of the molecule is CCN(c1cccc(Cl)c1C(=O)O)C(C)C. The van der Waals surface area contributed by atoms with Gasteiger partial charge in [-0.05, 0) is 32.9 Å². The molecule has 0 radical (unpaired) electrons. The van der Waals surface area contributed by atoms with Crippen LogP contribution in [0.25, 0.3) is 0 Å². The van der Waals surface area contributed by atoms with Crippen LogP contribution in [0.5, 0.6) is 0 Å². The molecule has 88 valence electrons. The van der Waals surface area contributed by atoms with E-state index in [1.54, 1.807) is 18.2 Å². The monoisotopic (exact) mass is 241 g/mol. The molecule has 1 aromatic rings. The van der Waals surface area contributed by atoms with Crippen molar-refractivity contribution in [2.45, 2.75) is 26.8 Å². The van der Waals surface area contributed by atoms with Gasteiger partial charge in [0.05, 0.1) is 10.7 Å². The number of carboxylic acids is 1. The molecule has 16 heavy (non-hydrogen) atoms. The van der Waals surface area contributed by atoms with Gasteiger partial charge < -0.3 is 10.0 Å². The number of nitrogens with zero attached hydrogens (tertiary/aromatic N) is 1. The van der Waals surface area contributed by atoms with Gasteiger partial charge in [-0.15, -0.1) is 0 Å². The van der Waals surface area contributed by atoms with E-state index in [4.69, 9.17) is 16.7 Å². The van der Waals surface area contributed by atoms with Crippen molar-refractivity contribution in [3.63, 3.8) is 0 Å². The minimum atomic E-state index is -0.986. The molecule has 1 N–H and O–H groups in total.